The predicted octanol–water partition coefficient (Wildman–Crippen LogP) is 2.88. The predicted molar refractivity (Wildman–Crippen MR) is 101 cm³/mol. The zero-order valence-corrected chi connectivity index (χ0v) is 16.1. The second-order valence-electron chi connectivity index (χ2n) is 6.31. The Morgan fingerprint density at radius 3 is 2.84 bits per heavy atom. The van der Waals surface area contributed by atoms with Crippen LogP contribution < -0.4 is 10.6 Å². The number of carbonyl (C=O) groups excluding carboxylic acids is 1. The minimum Gasteiger partial charge on any atom is -0.459 e. The molecule has 0 atom stereocenters. The molecule has 1 fully saturated rings. The van der Waals surface area contributed by atoms with Crippen LogP contribution in [0, 0.1) is 12.3 Å². The molecule has 25 heavy (non-hydrogen) atoms. The number of aryl methyl sites for hydroxylation is 1. The number of hydrogen-bond acceptors (Lipinski definition) is 6. The molecule has 138 valence electrons. The molecule has 6 nitrogen and oxygen atoms in total. The van der Waals surface area contributed by atoms with Crippen molar-refractivity contribution in [2.45, 2.75) is 19.8 Å². The first kappa shape index (κ1) is 19.9. The fraction of sp³-hybridized carbons (Fsp3) is 0.529. The number of halogens is 1. The van der Waals surface area contributed by atoms with Crippen LogP contribution in [0.2, 0.25) is 0 Å². The molecule has 0 aliphatic carbocycles. The van der Waals surface area contributed by atoms with Crippen LogP contribution in [0.25, 0.3) is 10.8 Å². The minimum absolute atomic E-state index is 0. The van der Waals surface area contributed by atoms with E-state index in [1.807, 2.05) is 19.1 Å². The summed E-state index contributed by atoms with van der Waals surface area (Å²) in [5, 5.41) is 8.88. The topological polar surface area (TPSA) is 76.4 Å². The average Bonchev–Trinajstić information content (AvgIpc) is 3.23. The highest BCUT2D eigenvalue weighted by Crippen LogP contribution is 2.29. The molecule has 0 saturated carbocycles. The van der Waals surface area contributed by atoms with Crippen LogP contribution in [0.15, 0.2) is 21.9 Å². The number of amides is 1. The van der Waals surface area contributed by atoms with Gasteiger partial charge in [-0.1, -0.05) is 0 Å². The lowest BCUT2D eigenvalue weighted by molar-refractivity contribution is 0.0511. The van der Waals surface area contributed by atoms with Crippen molar-refractivity contribution in [3.8, 4) is 10.8 Å². The summed E-state index contributed by atoms with van der Waals surface area (Å²) in [6, 6.07) is 3.76. The zero-order valence-electron chi connectivity index (χ0n) is 14.5. The minimum atomic E-state index is -0.144. The van der Waals surface area contributed by atoms with Gasteiger partial charge in [-0.15, -0.1) is 23.7 Å². The number of thiazole rings is 1. The van der Waals surface area contributed by atoms with Crippen molar-refractivity contribution < 1.29 is 13.9 Å². The molecule has 0 unspecified atom stereocenters. The number of carbonyl (C=O) groups is 1. The van der Waals surface area contributed by atoms with Crippen LogP contribution in [-0.4, -0.2) is 44.2 Å². The van der Waals surface area contributed by atoms with Crippen molar-refractivity contribution in [2.75, 3.05) is 33.4 Å². The van der Waals surface area contributed by atoms with Gasteiger partial charge in [0.1, 0.15) is 11.5 Å². The van der Waals surface area contributed by atoms with Gasteiger partial charge in [0.15, 0.2) is 10.8 Å². The van der Waals surface area contributed by atoms with Crippen molar-refractivity contribution in [1.29, 1.82) is 0 Å². The smallest absolute Gasteiger partial charge is 0.270 e. The highest BCUT2D eigenvalue weighted by molar-refractivity contribution is 7.13. The van der Waals surface area contributed by atoms with Crippen LogP contribution in [-0.2, 0) is 4.74 Å². The van der Waals surface area contributed by atoms with Crippen LogP contribution in [0.3, 0.4) is 0 Å². The Balaban J connectivity index is 0.00000225. The first-order valence-corrected chi connectivity index (χ1v) is 9.00. The van der Waals surface area contributed by atoms with Crippen molar-refractivity contribution in [1.82, 2.24) is 15.6 Å². The van der Waals surface area contributed by atoms with E-state index in [1.54, 1.807) is 12.5 Å². The lowest BCUT2D eigenvalue weighted by Gasteiger charge is -2.37. The van der Waals surface area contributed by atoms with Gasteiger partial charge in [0.05, 0.1) is 6.61 Å². The van der Waals surface area contributed by atoms with E-state index in [0.717, 1.165) is 36.7 Å². The molecule has 0 spiro atoms. The number of rotatable bonds is 6. The summed E-state index contributed by atoms with van der Waals surface area (Å²) in [4.78, 5) is 16.8. The third-order valence-electron chi connectivity index (χ3n) is 4.43. The Bertz CT molecular complexity index is 689. The highest BCUT2D eigenvalue weighted by atomic mass is 35.5. The van der Waals surface area contributed by atoms with Crippen LogP contribution in [0.1, 0.15) is 29.1 Å². The molecule has 0 bridgehead atoms. The summed E-state index contributed by atoms with van der Waals surface area (Å²) in [5.41, 5.74) is 0.442. The molecular formula is C17H24ClN3O3S. The van der Waals surface area contributed by atoms with Crippen molar-refractivity contribution in [3.63, 3.8) is 0 Å². The Labute approximate surface area is 157 Å². The normalized spacial score (nSPS) is 16.2. The number of nitrogens with zero attached hydrogens (tertiary/aromatic N) is 1. The third kappa shape index (κ3) is 4.82. The van der Waals surface area contributed by atoms with E-state index in [-0.39, 0.29) is 23.7 Å². The Morgan fingerprint density at radius 1 is 1.44 bits per heavy atom. The number of ether oxygens (including phenoxy) is 1. The van der Waals surface area contributed by atoms with Crippen molar-refractivity contribution >= 4 is 29.7 Å². The molecule has 3 rings (SSSR count). The lowest BCUT2D eigenvalue weighted by Crippen LogP contribution is -2.47. The number of hydrogen-bond donors (Lipinski definition) is 2. The van der Waals surface area contributed by atoms with Crippen LogP contribution in [0.4, 0.5) is 0 Å². The molecule has 8 heteroatoms. The van der Waals surface area contributed by atoms with E-state index < -0.39 is 0 Å². The maximum Gasteiger partial charge on any atom is 0.270 e. The Morgan fingerprint density at radius 2 is 2.20 bits per heavy atom. The summed E-state index contributed by atoms with van der Waals surface area (Å²) >= 11 is 1.41. The molecule has 0 radical (unpaired) electrons. The maximum atomic E-state index is 12.4. The summed E-state index contributed by atoms with van der Waals surface area (Å²) in [7, 11) is 1.71. The Hall–Kier alpha value is -1.41. The molecule has 3 heterocycles. The monoisotopic (exact) mass is 385 g/mol. The van der Waals surface area contributed by atoms with Gasteiger partial charge in [0.2, 0.25) is 0 Å². The third-order valence-corrected chi connectivity index (χ3v) is 5.28. The van der Waals surface area contributed by atoms with Gasteiger partial charge in [0, 0.05) is 24.4 Å². The van der Waals surface area contributed by atoms with Gasteiger partial charge >= 0.3 is 0 Å². The lowest BCUT2D eigenvalue weighted by atomic mass is 9.79. The van der Waals surface area contributed by atoms with Gasteiger partial charge in [0.25, 0.3) is 5.91 Å². The van der Waals surface area contributed by atoms with E-state index in [2.05, 4.69) is 15.6 Å². The number of furan rings is 1. The standard InChI is InChI=1S/C17H23N3O3S.ClH/c1-12-3-4-14(23-12)16-20-13(9-24-16)15(21)19-10-17(11-22-2)5-7-18-8-6-17;/h3-4,9,18H,5-8,10-11H2,1-2H3,(H,19,21);1H. The molecular weight excluding hydrogens is 362 g/mol. The van der Waals surface area contributed by atoms with E-state index in [1.165, 1.54) is 11.3 Å². The Kier molecular flexibility index (Phi) is 7.01. The summed E-state index contributed by atoms with van der Waals surface area (Å²) < 4.78 is 10.9. The van der Waals surface area contributed by atoms with E-state index in [4.69, 9.17) is 9.15 Å². The fourth-order valence-corrected chi connectivity index (χ4v) is 3.79. The summed E-state index contributed by atoms with van der Waals surface area (Å²) in [6.07, 6.45) is 1.99. The molecule has 0 aromatic carbocycles. The molecule has 1 saturated heterocycles. The second-order valence-corrected chi connectivity index (χ2v) is 7.17. The van der Waals surface area contributed by atoms with Crippen molar-refractivity contribution in [3.05, 3.63) is 29.0 Å². The van der Waals surface area contributed by atoms with Gasteiger partial charge in [-0.2, -0.15) is 0 Å². The highest BCUT2D eigenvalue weighted by Gasteiger charge is 2.32. The van der Waals surface area contributed by atoms with Gasteiger partial charge in [-0.25, -0.2) is 4.98 Å². The fourth-order valence-electron chi connectivity index (χ4n) is 3.03. The van der Waals surface area contributed by atoms with E-state index >= 15 is 0 Å². The quantitative estimate of drug-likeness (QED) is 0.799. The first-order chi connectivity index (χ1) is 11.6. The molecule has 1 amide bonds. The number of nitrogens with one attached hydrogen (secondary N) is 2. The molecule has 1 aliphatic heterocycles. The second kappa shape index (κ2) is 8.80. The molecule has 2 N–H and O–H groups in total. The largest absolute Gasteiger partial charge is 0.459 e. The SMILES string of the molecule is COCC1(CNC(=O)c2csc(-c3ccc(C)o3)n2)CCNCC1.Cl. The summed E-state index contributed by atoms with van der Waals surface area (Å²) in [5.74, 6) is 1.39. The average molecular weight is 386 g/mol. The van der Waals surface area contributed by atoms with Crippen molar-refractivity contribution in [2.24, 2.45) is 5.41 Å². The number of piperidine rings is 1. The number of aromatic nitrogens is 1. The first-order valence-electron chi connectivity index (χ1n) is 8.12. The molecule has 2 aromatic heterocycles. The van der Waals surface area contributed by atoms with E-state index in [9.17, 15) is 4.79 Å². The van der Waals surface area contributed by atoms with Crippen LogP contribution >= 0.6 is 23.7 Å². The molecule has 2 aromatic rings. The van der Waals surface area contributed by atoms with Crippen LogP contribution in [0.5, 0.6) is 0 Å². The zero-order chi connectivity index (χ0) is 17.0. The maximum absolute atomic E-state index is 12.4. The molecule has 1 aliphatic rings. The van der Waals surface area contributed by atoms with Gasteiger partial charge < -0.3 is 19.8 Å². The van der Waals surface area contributed by atoms with Gasteiger partial charge in [-0.3, -0.25) is 4.79 Å². The van der Waals surface area contributed by atoms with E-state index in [0.29, 0.717) is 24.6 Å². The number of methoxy groups -OCH3 is 1. The summed E-state index contributed by atoms with van der Waals surface area (Å²) in [6.45, 7) is 5.06. The van der Waals surface area contributed by atoms with Gasteiger partial charge in [-0.05, 0) is 45.0 Å².